The molecule has 12 rings (SSSR count). The molecule has 348 valence electrons. The van der Waals surface area contributed by atoms with Crippen molar-refractivity contribution in [2.75, 3.05) is 14.2 Å². The topological polar surface area (TPSA) is 116 Å². The molecule has 2 atom stereocenters. The summed E-state index contributed by atoms with van der Waals surface area (Å²) in [6, 6.07) is 42.6. The highest BCUT2D eigenvalue weighted by Gasteiger charge is 2.28. The highest BCUT2D eigenvalue weighted by Crippen LogP contribution is 2.38. The predicted molar refractivity (Wildman–Crippen MR) is 278 cm³/mol. The predicted octanol–water partition coefficient (Wildman–Crippen LogP) is 12.1. The Morgan fingerprint density at radius 2 is 0.957 bits per heavy atom. The van der Waals surface area contributed by atoms with Gasteiger partial charge in [-0.3, -0.25) is 0 Å². The Labute approximate surface area is 407 Å². The number of aryl methyl sites for hydroxylation is 4. The molecule has 10 aromatic rings. The van der Waals surface area contributed by atoms with Crippen LogP contribution < -0.4 is 9.47 Å². The molecular formula is C58H54N10O2. The molecule has 70 heavy (non-hydrogen) atoms. The van der Waals surface area contributed by atoms with Gasteiger partial charge in [-0.15, -0.1) is 0 Å². The molecule has 0 amide bonds. The molecule has 0 saturated heterocycles. The number of benzene rings is 6. The summed E-state index contributed by atoms with van der Waals surface area (Å²) in [6.07, 6.45) is 20.0. The van der Waals surface area contributed by atoms with Gasteiger partial charge in [0.05, 0.1) is 49.6 Å². The maximum atomic E-state index is 5.65. The first-order valence-electron chi connectivity index (χ1n) is 24.0. The van der Waals surface area contributed by atoms with Gasteiger partial charge in [-0.05, 0) is 120 Å². The second-order valence-corrected chi connectivity index (χ2v) is 18.0. The molecule has 0 spiro atoms. The smallest absolute Gasteiger partial charge is 0.174 e. The van der Waals surface area contributed by atoms with Crippen LogP contribution in [0, 0.1) is 13.8 Å². The average molecular weight is 923 g/mol. The molecule has 0 aliphatic carbocycles. The lowest BCUT2D eigenvalue weighted by Crippen LogP contribution is -2.18. The zero-order valence-corrected chi connectivity index (χ0v) is 39.9. The van der Waals surface area contributed by atoms with Crippen molar-refractivity contribution in [2.45, 2.75) is 64.5 Å². The number of fused-ring (bicyclic) bond motifs is 4. The molecule has 12 nitrogen and oxygen atoms in total. The normalized spacial score (nSPS) is 15.5. The zero-order valence-electron chi connectivity index (χ0n) is 39.9. The van der Waals surface area contributed by atoms with Crippen molar-refractivity contribution in [3.05, 3.63) is 203 Å². The van der Waals surface area contributed by atoms with E-state index in [4.69, 9.17) is 29.6 Å². The van der Waals surface area contributed by atoms with Crippen LogP contribution in [-0.4, -0.2) is 62.9 Å². The molecular weight excluding hydrogens is 869 g/mol. The van der Waals surface area contributed by atoms with Gasteiger partial charge in [0.15, 0.2) is 11.6 Å². The van der Waals surface area contributed by atoms with Crippen LogP contribution in [0.5, 0.6) is 11.5 Å². The fraction of sp³-hybridized carbons (Fsp3) is 0.207. The highest BCUT2D eigenvalue weighted by molar-refractivity contribution is 5.87. The van der Waals surface area contributed by atoms with Gasteiger partial charge >= 0.3 is 0 Å². The van der Waals surface area contributed by atoms with Gasteiger partial charge in [0.25, 0.3) is 0 Å². The summed E-state index contributed by atoms with van der Waals surface area (Å²) in [4.78, 5) is 18.6. The summed E-state index contributed by atoms with van der Waals surface area (Å²) in [7, 11) is 3.38. The lowest BCUT2D eigenvalue weighted by atomic mass is 9.88. The average Bonchev–Trinajstić information content (AvgIpc) is 4.24. The van der Waals surface area contributed by atoms with Crippen LogP contribution in [0.4, 0.5) is 0 Å². The fourth-order valence-corrected chi connectivity index (χ4v) is 10.0. The van der Waals surface area contributed by atoms with E-state index in [-0.39, 0.29) is 11.8 Å². The van der Waals surface area contributed by atoms with E-state index in [0.717, 1.165) is 107 Å². The number of aromatic nitrogens is 10. The lowest BCUT2D eigenvalue weighted by Gasteiger charge is -2.23. The Bertz CT molecular complexity index is 3310. The summed E-state index contributed by atoms with van der Waals surface area (Å²) in [5.74, 6) is 5.66. The Morgan fingerprint density at radius 1 is 0.514 bits per heavy atom. The van der Waals surface area contributed by atoms with Crippen LogP contribution in [-0.2, 0) is 13.1 Å². The SMILES string of the molecule is COc1cc(/C=C/c2nc3n(n2)CCC[C@@H]3c2cccc3ccccc23)ccc1-n1cnc(C)c1.COc1cc(/C=C/c2nc3n(n2)CCC[C@H]3c2cccc3ccccc23)ccc1-n1cnc(C)c1. The van der Waals surface area contributed by atoms with Crippen LogP contribution >= 0.6 is 0 Å². The molecule has 0 radical (unpaired) electrons. The minimum atomic E-state index is 0.252. The molecule has 6 aromatic carbocycles. The summed E-state index contributed by atoms with van der Waals surface area (Å²) in [6.45, 7) is 5.76. The van der Waals surface area contributed by atoms with E-state index >= 15 is 0 Å². The highest BCUT2D eigenvalue weighted by atomic mass is 16.5. The molecule has 0 N–H and O–H groups in total. The van der Waals surface area contributed by atoms with E-state index in [1.54, 1.807) is 26.9 Å². The number of ether oxygens (including phenoxy) is 2. The molecule has 0 bridgehead atoms. The second-order valence-electron chi connectivity index (χ2n) is 18.0. The second kappa shape index (κ2) is 19.3. The molecule has 2 aliphatic heterocycles. The first-order chi connectivity index (χ1) is 34.4. The lowest BCUT2D eigenvalue weighted by molar-refractivity contribution is 0.412. The summed E-state index contributed by atoms with van der Waals surface area (Å²) < 4.78 is 19.4. The number of nitrogens with zero attached hydrogens (tertiary/aromatic N) is 10. The molecule has 4 aromatic heterocycles. The van der Waals surface area contributed by atoms with Crippen molar-refractivity contribution in [3.63, 3.8) is 0 Å². The first-order valence-corrected chi connectivity index (χ1v) is 24.0. The van der Waals surface area contributed by atoms with Gasteiger partial charge in [0, 0.05) is 37.3 Å². The van der Waals surface area contributed by atoms with Crippen molar-refractivity contribution >= 4 is 45.8 Å². The van der Waals surface area contributed by atoms with Crippen molar-refractivity contribution in [2.24, 2.45) is 0 Å². The van der Waals surface area contributed by atoms with Crippen molar-refractivity contribution in [1.29, 1.82) is 0 Å². The van der Waals surface area contributed by atoms with Crippen LogP contribution in [0.3, 0.4) is 0 Å². The number of imidazole rings is 2. The Morgan fingerprint density at radius 3 is 1.39 bits per heavy atom. The van der Waals surface area contributed by atoms with Gasteiger partial charge < -0.3 is 18.6 Å². The summed E-state index contributed by atoms with van der Waals surface area (Å²) in [5, 5.41) is 14.8. The Kier molecular flexibility index (Phi) is 12.2. The van der Waals surface area contributed by atoms with E-state index in [9.17, 15) is 0 Å². The number of hydrogen-bond acceptors (Lipinski definition) is 8. The van der Waals surface area contributed by atoms with Crippen LogP contribution in [0.25, 0.3) is 57.2 Å². The monoisotopic (exact) mass is 922 g/mol. The van der Waals surface area contributed by atoms with Crippen LogP contribution in [0.15, 0.2) is 146 Å². The zero-order chi connectivity index (χ0) is 47.6. The molecule has 0 saturated carbocycles. The third-order valence-corrected chi connectivity index (χ3v) is 13.4. The van der Waals surface area contributed by atoms with Crippen molar-refractivity contribution < 1.29 is 9.47 Å². The minimum absolute atomic E-state index is 0.252. The third kappa shape index (κ3) is 8.91. The number of rotatable bonds is 10. The fourth-order valence-electron chi connectivity index (χ4n) is 10.0. The van der Waals surface area contributed by atoms with Gasteiger partial charge in [0.1, 0.15) is 23.1 Å². The molecule has 0 fully saturated rings. The van der Waals surface area contributed by atoms with Crippen LogP contribution in [0.2, 0.25) is 0 Å². The number of methoxy groups -OCH3 is 2. The van der Waals surface area contributed by atoms with Gasteiger partial charge in [-0.2, -0.15) is 10.2 Å². The molecule has 12 heteroatoms. The van der Waals surface area contributed by atoms with Gasteiger partial charge in [-0.25, -0.2) is 29.3 Å². The molecule has 0 unspecified atom stereocenters. The van der Waals surface area contributed by atoms with Gasteiger partial charge in [0.2, 0.25) is 0 Å². The maximum Gasteiger partial charge on any atom is 0.174 e. The minimum Gasteiger partial charge on any atom is -0.495 e. The summed E-state index contributed by atoms with van der Waals surface area (Å²) >= 11 is 0. The summed E-state index contributed by atoms with van der Waals surface area (Å²) in [5.41, 5.74) is 8.57. The van der Waals surface area contributed by atoms with E-state index < -0.39 is 0 Å². The number of hydrogen-bond donors (Lipinski definition) is 0. The van der Waals surface area contributed by atoms with Crippen molar-refractivity contribution in [3.8, 4) is 22.9 Å². The maximum absolute atomic E-state index is 5.65. The van der Waals surface area contributed by atoms with E-state index in [1.807, 2.05) is 83.9 Å². The van der Waals surface area contributed by atoms with E-state index in [1.165, 1.54) is 32.7 Å². The van der Waals surface area contributed by atoms with Gasteiger partial charge in [-0.1, -0.05) is 109 Å². The molecule has 6 heterocycles. The Balaban J connectivity index is 0.000000152. The quantitative estimate of drug-likeness (QED) is 0.133. The standard InChI is InChI=1S/2C29H27N5O/c2*1-20-18-33(19-30-20)26-14-12-21(17-27(26)35-2)13-15-28-31-29-25(11-6-16-34(29)32-28)24-10-5-8-22-7-3-4-9-23(22)24/h2*3-5,7-10,12-15,17-19,25H,6,11,16H2,1-2H3/b2*15-13+/t2*25-/m10/s1. The van der Waals surface area contributed by atoms with E-state index in [0.29, 0.717) is 0 Å². The first kappa shape index (κ1) is 44.1. The van der Waals surface area contributed by atoms with E-state index in [2.05, 4.69) is 116 Å². The van der Waals surface area contributed by atoms with Crippen LogP contribution in [0.1, 0.15) is 94.5 Å². The molecule has 2 aliphatic rings. The largest absolute Gasteiger partial charge is 0.495 e. The Hall–Kier alpha value is -8.38. The van der Waals surface area contributed by atoms with Crippen molar-refractivity contribution in [1.82, 2.24) is 48.6 Å². The third-order valence-electron chi connectivity index (χ3n) is 13.4.